The minimum atomic E-state index is 0.0226. The average molecular weight is 191 g/mol. The molecule has 0 heterocycles. The van der Waals surface area contributed by atoms with Crippen LogP contribution in [0.25, 0.3) is 0 Å². The topological polar surface area (TPSA) is 20.2 Å². The summed E-state index contributed by atoms with van der Waals surface area (Å²) >= 11 is 3.58. The van der Waals surface area contributed by atoms with Crippen LogP contribution in [0.2, 0.25) is 0 Å². The van der Waals surface area contributed by atoms with Gasteiger partial charge in [-0.05, 0) is 31.1 Å². The monoisotopic (exact) mass is 190 g/mol. The third-order valence-electron chi connectivity index (χ3n) is 2.78. The molecule has 4 unspecified atom stereocenters. The van der Waals surface area contributed by atoms with Crippen LogP contribution < -0.4 is 0 Å². The minimum Gasteiger partial charge on any atom is -0.393 e. The highest BCUT2D eigenvalue weighted by molar-refractivity contribution is 9.09. The van der Waals surface area contributed by atoms with Gasteiger partial charge < -0.3 is 5.11 Å². The summed E-state index contributed by atoms with van der Waals surface area (Å²) in [5.74, 6) is 1.20. The number of hydrogen-bond donors (Lipinski definition) is 1. The lowest BCUT2D eigenvalue weighted by atomic mass is 10.0. The molecule has 1 nitrogen and oxygen atoms in total. The molecule has 2 aliphatic rings. The van der Waals surface area contributed by atoms with Gasteiger partial charge in [0.2, 0.25) is 0 Å². The second-order valence-electron chi connectivity index (χ2n) is 3.24. The van der Waals surface area contributed by atoms with Gasteiger partial charge in [0, 0.05) is 4.83 Å². The van der Waals surface area contributed by atoms with Gasteiger partial charge in [-0.1, -0.05) is 15.9 Å². The van der Waals surface area contributed by atoms with Crippen molar-refractivity contribution in [3.63, 3.8) is 0 Å². The summed E-state index contributed by atoms with van der Waals surface area (Å²) in [6, 6.07) is 0. The van der Waals surface area contributed by atoms with E-state index in [1.165, 1.54) is 19.3 Å². The summed E-state index contributed by atoms with van der Waals surface area (Å²) in [4.78, 5) is 0.617. The lowest BCUT2D eigenvalue weighted by Crippen LogP contribution is -2.14. The fourth-order valence-electron chi connectivity index (χ4n) is 2.21. The Balaban J connectivity index is 2.16. The second-order valence-corrected chi connectivity index (χ2v) is 4.42. The maximum atomic E-state index is 9.47. The molecule has 1 N–H and O–H groups in total. The average Bonchev–Trinajstić information content (AvgIpc) is 2.25. The van der Waals surface area contributed by atoms with Gasteiger partial charge in [0.1, 0.15) is 0 Å². The standard InChI is InChI=1S/C7H11BrO/c8-6-3-4-1-2-5(6)7(4)9/h4-7,9H,1-3H2. The van der Waals surface area contributed by atoms with Crippen LogP contribution in [0.1, 0.15) is 19.3 Å². The van der Waals surface area contributed by atoms with E-state index in [1.54, 1.807) is 0 Å². The van der Waals surface area contributed by atoms with Crippen LogP contribution in [-0.4, -0.2) is 16.0 Å². The van der Waals surface area contributed by atoms with Gasteiger partial charge in [-0.15, -0.1) is 0 Å². The van der Waals surface area contributed by atoms with Crippen molar-refractivity contribution in [1.82, 2.24) is 0 Å². The zero-order chi connectivity index (χ0) is 6.43. The Kier molecular flexibility index (Phi) is 1.34. The molecule has 2 bridgehead atoms. The smallest absolute Gasteiger partial charge is 0.0607 e. The zero-order valence-electron chi connectivity index (χ0n) is 5.26. The molecule has 2 saturated carbocycles. The molecule has 0 aromatic heterocycles. The highest BCUT2D eigenvalue weighted by atomic mass is 79.9. The largest absolute Gasteiger partial charge is 0.393 e. The van der Waals surface area contributed by atoms with Crippen LogP contribution in [0.15, 0.2) is 0 Å². The minimum absolute atomic E-state index is 0.0226. The van der Waals surface area contributed by atoms with E-state index in [4.69, 9.17) is 0 Å². The van der Waals surface area contributed by atoms with Crippen LogP contribution in [0.4, 0.5) is 0 Å². The molecule has 0 aromatic carbocycles. The van der Waals surface area contributed by atoms with Crippen LogP contribution >= 0.6 is 15.9 Å². The van der Waals surface area contributed by atoms with E-state index in [1.807, 2.05) is 0 Å². The normalized spacial score (nSPS) is 56.7. The van der Waals surface area contributed by atoms with Crippen molar-refractivity contribution in [2.75, 3.05) is 0 Å². The van der Waals surface area contributed by atoms with E-state index in [0.29, 0.717) is 16.7 Å². The van der Waals surface area contributed by atoms with Crippen molar-refractivity contribution < 1.29 is 5.11 Å². The van der Waals surface area contributed by atoms with E-state index in [-0.39, 0.29) is 6.10 Å². The molecule has 2 heteroatoms. The van der Waals surface area contributed by atoms with Crippen LogP contribution in [0, 0.1) is 11.8 Å². The van der Waals surface area contributed by atoms with Gasteiger partial charge >= 0.3 is 0 Å². The highest BCUT2D eigenvalue weighted by Crippen LogP contribution is 2.47. The first-order valence-electron chi connectivity index (χ1n) is 3.61. The van der Waals surface area contributed by atoms with E-state index in [9.17, 15) is 5.11 Å². The molecular formula is C7H11BrO. The molecule has 2 rings (SSSR count). The molecule has 2 aliphatic carbocycles. The fourth-order valence-corrected chi connectivity index (χ4v) is 3.27. The van der Waals surface area contributed by atoms with Crippen molar-refractivity contribution in [3.05, 3.63) is 0 Å². The summed E-state index contributed by atoms with van der Waals surface area (Å²) in [5.41, 5.74) is 0. The quantitative estimate of drug-likeness (QED) is 0.576. The summed E-state index contributed by atoms with van der Waals surface area (Å²) in [6.45, 7) is 0. The molecule has 9 heavy (non-hydrogen) atoms. The van der Waals surface area contributed by atoms with Crippen LogP contribution in [0.3, 0.4) is 0 Å². The Morgan fingerprint density at radius 3 is 2.33 bits per heavy atom. The Bertz CT molecular complexity index is 126. The Labute approximate surface area is 63.6 Å². The maximum Gasteiger partial charge on any atom is 0.0607 e. The molecule has 52 valence electrons. The maximum absolute atomic E-state index is 9.47. The first kappa shape index (κ1) is 6.17. The molecule has 0 amide bonds. The van der Waals surface area contributed by atoms with Gasteiger partial charge in [0.25, 0.3) is 0 Å². The lowest BCUT2D eigenvalue weighted by molar-refractivity contribution is 0.129. The molecule has 2 fully saturated rings. The number of aliphatic hydroxyl groups is 1. The Hall–Kier alpha value is 0.440. The van der Waals surface area contributed by atoms with Gasteiger partial charge in [0.15, 0.2) is 0 Å². The molecular weight excluding hydrogens is 180 g/mol. The predicted octanol–water partition coefficient (Wildman–Crippen LogP) is 1.54. The van der Waals surface area contributed by atoms with E-state index in [2.05, 4.69) is 15.9 Å². The van der Waals surface area contributed by atoms with Crippen molar-refractivity contribution >= 4 is 15.9 Å². The van der Waals surface area contributed by atoms with Gasteiger partial charge in [0.05, 0.1) is 6.10 Å². The summed E-state index contributed by atoms with van der Waals surface area (Å²) in [7, 11) is 0. The number of alkyl halides is 1. The van der Waals surface area contributed by atoms with Crippen LogP contribution in [0.5, 0.6) is 0 Å². The van der Waals surface area contributed by atoms with Gasteiger partial charge in [-0.25, -0.2) is 0 Å². The number of rotatable bonds is 0. The van der Waals surface area contributed by atoms with E-state index in [0.717, 1.165) is 0 Å². The molecule has 0 saturated heterocycles. The SMILES string of the molecule is OC1C2CCC1C(Br)C2. The molecule has 4 atom stereocenters. The van der Waals surface area contributed by atoms with Gasteiger partial charge in [-0.2, -0.15) is 0 Å². The third kappa shape index (κ3) is 0.761. The Morgan fingerprint density at radius 1 is 1.33 bits per heavy atom. The number of aliphatic hydroxyl groups excluding tert-OH is 1. The summed E-state index contributed by atoms with van der Waals surface area (Å²) in [6.07, 6.45) is 3.72. The second kappa shape index (κ2) is 1.96. The third-order valence-corrected chi connectivity index (χ3v) is 3.84. The zero-order valence-corrected chi connectivity index (χ0v) is 6.84. The fraction of sp³-hybridized carbons (Fsp3) is 1.00. The van der Waals surface area contributed by atoms with Crippen LogP contribution in [-0.2, 0) is 0 Å². The van der Waals surface area contributed by atoms with Crippen molar-refractivity contribution in [2.24, 2.45) is 11.8 Å². The first-order valence-corrected chi connectivity index (χ1v) is 4.53. The summed E-state index contributed by atoms with van der Waals surface area (Å²) < 4.78 is 0. The van der Waals surface area contributed by atoms with Gasteiger partial charge in [-0.3, -0.25) is 0 Å². The first-order chi connectivity index (χ1) is 4.29. The molecule has 0 radical (unpaired) electrons. The number of hydrogen-bond acceptors (Lipinski definition) is 1. The summed E-state index contributed by atoms with van der Waals surface area (Å²) in [5, 5.41) is 9.47. The number of halogens is 1. The Morgan fingerprint density at radius 2 is 2.11 bits per heavy atom. The molecule has 0 aliphatic heterocycles. The van der Waals surface area contributed by atoms with Crippen molar-refractivity contribution in [2.45, 2.75) is 30.2 Å². The molecule has 0 spiro atoms. The van der Waals surface area contributed by atoms with E-state index >= 15 is 0 Å². The lowest BCUT2D eigenvalue weighted by Gasteiger charge is -2.13. The molecule has 0 aromatic rings. The van der Waals surface area contributed by atoms with E-state index < -0.39 is 0 Å². The highest BCUT2D eigenvalue weighted by Gasteiger charge is 2.45. The van der Waals surface area contributed by atoms with Crippen molar-refractivity contribution in [1.29, 1.82) is 0 Å². The van der Waals surface area contributed by atoms with Crippen molar-refractivity contribution in [3.8, 4) is 0 Å². The predicted molar refractivity (Wildman–Crippen MR) is 39.6 cm³/mol. The number of fused-ring (bicyclic) bond motifs is 2.